The molecule has 28 heavy (non-hydrogen) atoms. The number of amides is 1. The van der Waals surface area contributed by atoms with Crippen molar-refractivity contribution < 1.29 is 9.53 Å². The van der Waals surface area contributed by atoms with Crippen LogP contribution in [0.2, 0.25) is 0 Å². The highest BCUT2D eigenvalue weighted by atomic mass is 16.5. The zero-order chi connectivity index (χ0) is 19.2. The maximum Gasteiger partial charge on any atom is 0.246 e. The van der Waals surface area contributed by atoms with Crippen LogP contribution < -0.4 is 10.2 Å². The number of carbonyl (C=O) groups is 1. The van der Waals surface area contributed by atoms with Gasteiger partial charge in [0, 0.05) is 25.8 Å². The van der Waals surface area contributed by atoms with E-state index in [1.54, 1.807) is 0 Å². The van der Waals surface area contributed by atoms with Crippen molar-refractivity contribution in [2.45, 2.75) is 57.7 Å². The second kappa shape index (κ2) is 9.20. The minimum absolute atomic E-state index is 0.0534. The largest absolute Gasteiger partial charge is 0.368 e. The van der Waals surface area contributed by atoms with E-state index in [9.17, 15) is 4.79 Å². The lowest BCUT2D eigenvalue weighted by molar-refractivity contribution is -0.128. The van der Waals surface area contributed by atoms with E-state index in [2.05, 4.69) is 39.5 Å². The summed E-state index contributed by atoms with van der Waals surface area (Å²) in [6.07, 6.45) is 9.06. The van der Waals surface area contributed by atoms with Crippen LogP contribution in [0.5, 0.6) is 0 Å². The Balaban J connectivity index is 1.24. The van der Waals surface area contributed by atoms with Crippen LogP contribution in [-0.4, -0.2) is 30.1 Å². The van der Waals surface area contributed by atoms with Crippen molar-refractivity contribution >= 4 is 11.7 Å². The number of ether oxygens (including phenoxy) is 1. The van der Waals surface area contributed by atoms with Gasteiger partial charge in [0.25, 0.3) is 0 Å². The molecule has 4 rings (SSSR count). The predicted molar refractivity (Wildman–Crippen MR) is 110 cm³/mol. The maximum atomic E-state index is 12.0. The topological polar surface area (TPSA) is 54.5 Å². The summed E-state index contributed by atoms with van der Waals surface area (Å²) < 4.78 is 5.73. The molecule has 2 aromatic rings. The molecule has 1 fully saturated rings. The first kappa shape index (κ1) is 18.9. The van der Waals surface area contributed by atoms with Gasteiger partial charge >= 0.3 is 0 Å². The van der Waals surface area contributed by atoms with E-state index in [-0.39, 0.29) is 18.6 Å². The third kappa shape index (κ3) is 4.90. The lowest BCUT2D eigenvalue weighted by atomic mass is 9.98. The monoisotopic (exact) mass is 379 g/mol. The van der Waals surface area contributed by atoms with Crippen LogP contribution in [0.15, 0.2) is 42.6 Å². The van der Waals surface area contributed by atoms with Gasteiger partial charge in [-0.15, -0.1) is 0 Å². The summed E-state index contributed by atoms with van der Waals surface area (Å²) in [5.41, 5.74) is 3.82. The molecule has 5 nitrogen and oxygen atoms in total. The molecule has 0 unspecified atom stereocenters. The van der Waals surface area contributed by atoms with Gasteiger partial charge in [-0.3, -0.25) is 4.79 Å². The second-order valence-electron chi connectivity index (χ2n) is 7.81. The summed E-state index contributed by atoms with van der Waals surface area (Å²) in [5, 5.41) is 2.93. The van der Waals surface area contributed by atoms with Crippen LogP contribution in [0.1, 0.15) is 48.8 Å². The van der Waals surface area contributed by atoms with Crippen molar-refractivity contribution in [1.29, 1.82) is 0 Å². The van der Waals surface area contributed by atoms with E-state index in [0.29, 0.717) is 6.54 Å². The Bertz CT molecular complexity index is 785. The minimum Gasteiger partial charge on any atom is -0.368 e. The average Bonchev–Trinajstić information content (AvgIpc) is 2.77. The Morgan fingerprint density at radius 2 is 1.93 bits per heavy atom. The van der Waals surface area contributed by atoms with Crippen LogP contribution in [0.4, 0.5) is 5.82 Å². The number of anilines is 1. The number of nitrogens with zero attached hydrogens (tertiary/aromatic N) is 2. The van der Waals surface area contributed by atoms with Crippen molar-refractivity contribution in [1.82, 2.24) is 10.3 Å². The molecule has 0 radical (unpaired) electrons. The number of hydrogen-bond acceptors (Lipinski definition) is 4. The van der Waals surface area contributed by atoms with E-state index in [4.69, 9.17) is 4.74 Å². The van der Waals surface area contributed by atoms with Crippen LogP contribution in [0, 0.1) is 0 Å². The molecular weight excluding hydrogens is 350 g/mol. The van der Waals surface area contributed by atoms with Crippen molar-refractivity contribution in [2.24, 2.45) is 0 Å². The third-order valence-electron chi connectivity index (χ3n) is 5.76. The Morgan fingerprint density at radius 3 is 2.71 bits per heavy atom. The van der Waals surface area contributed by atoms with Crippen molar-refractivity contribution in [3.05, 3.63) is 59.3 Å². The first-order valence-electron chi connectivity index (χ1n) is 10.4. The summed E-state index contributed by atoms with van der Waals surface area (Å²) in [6, 6.07) is 12.7. The average molecular weight is 380 g/mol. The third-order valence-corrected chi connectivity index (χ3v) is 5.76. The summed E-state index contributed by atoms with van der Waals surface area (Å²) in [6.45, 7) is 2.53. The molecule has 0 atom stereocenters. The Labute approximate surface area is 167 Å². The molecule has 1 aliphatic carbocycles. The highest BCUT2D eigenvalue weighted by Gasteiger charge is 2.17. The normalized spacial score (nSPS) is 17.2. The van der Waals surface area contributed by atoms with Crippen LogP contribution in [0.3, 0.4) is 0 Å². The first-order chi connectivity index (χ1) is 13.8. The van der Waals surface area contributed by atoms with Gasteiger partial charge in [-0.1, -0.05) is 49.6 Å². The van der Waals surface area contributed by atoms with Gasteiger partial charge in [0.2, 0.25) is 5.91 Å². The standard InChI is InChI=1S/C23H29N3O2/c27-23(17-28-21-8-2-1-3-9-21)25-15-18-10-11-22(24-14-18)26-13-12-19-6-4-5-7-20(19)16-26/h4-7,10-11,14,21H,1-3,8-9,12-13,15-17H2,(H,25,27). The molecule has 1 aliphatic heterocycles. The molecule has 0 saturated heterocycles. The SMILES string of the molecule is O=C(COC1CCCCC1)NCc1ccc(N2CCc3ccccc3C2)nc1. The highest BCUT2D eigenvalue weighted by molar-refractivity contribution is 5.77. The molecule has 1 saturated carbocycles. The number of benzene rings is 1. The van der Waals surface area contributed by atoms with Crippen LogP contribution in [-0.2, 0) is 29.0 Å². The smallest absolute Gasteiger partial charge is 0.246 e. The summed E-state index contributed by atoms with van der Waals surface area (Å²) in [7, 11) is 0. The van der Waals surface area contributed by atoms with E-state index in [1.165, 1.54) is 30.4 Å². The lowest BCUT2D eigenvalue weighted by Gasteiger charge is -2.29. The van der Waals surface area contributed by atoms with Crippen LogP contribution >= 0.6 is 0 Å². The fraction of sp³-hybridized carbons (Fsp3) is 0.478. The minimum atomic E-state index is -0.0534. The molecule has 0 spiro atoms. The molecule has 1 aromatic heterocycles. The van der Waals surface area contributed by atoms with Gasteiger partial charge in [0.05, 0.1) is 6.10 Å². The first-order valence-corrected chi connectivity index (χ1v) is 10.4. The number of nitrogens with one attached hydrogen (secondary N) is 1. The zero-order valence-electron chi connectivity index (χ0n) is 16.4. The quantitative estimate of drug-likeness (QED) is 0.833. The van der Waals surface area contributed by atoms with Crippen molar-refractivity contribution in [2.75, 3.05) is 18.1 Å². The molecule has 0 bridgehead atoms. The maximum absolute atomic E-state index is 12.0. The van der Waals surface area contributed by atoms with Gasteiger partial charge in [-0.2, -0.15) is 0 Å². The molecule has 1 N–H and O–H groups in total. The van der Waals surface area contributed by atoms with Crippen molar-refractivity contribution in [3.8, 4) is 0 Å². The summed E-state index contributed by atoms with van der Waals surface area (Å²) >= 11 is 0. The molecule has 5 heteroatoms. The van der Waals surface area contributed by atoms with Crippen LogP contribution in [0.25, 0.3) is 0 Å². The lowest BCUT2D eigenvalue weighted by Crippen LogP contribution is -2.31. The fourth-order valence-electron chi connectivity index (χ4n) is 4.08. The number of pyridine rings is 1. The van der Waals surface area contributed by atoms with Gasteiger partial charge in [0.1, 0.15) is 12.4 Å². The molecule has 1 aromatic carbocycles. The van der Waals surface area contributed by atoms with E-state index in [0.717, 1.165) is 43.7 Å². The number of aromatic nitrogens is 1. The summed E-state index contributed by atoms with van der Waals surface area (Å²) in [5.74, 6) is 0.937. The molecule has 1 amide bonds. The number of rotatable bonds is 6. The predicted octanol–water partition coefficient (Wildman–Crippen LogP) is 3.61. The Morgan fingerprint density at radius 1 is 1.11 bits per heavy atom. The number of hydrogen-bond donors (Lipinski definition) is 1. The molecule has 2 heterocycles. The Kier molecular flexibility index (Phi) is 6.22. The number of fused-ring (bicyclic) bond motifs is 1. The van der Waals surface area contributed by atoms with E-state index >= 15 is 0 Å². The van der Waals surface area contributed by atoms with E-state index < -0.39 is 0 Å². The second-order valence-corrected chi connectivity index (χ2v) is 7.81. The van der Waals surface area contributed by atoms with Gasteiger partial charge in [-0.05, 0) is 42.0 Å². The molecule has 148 valence electrons. The molecular formula is C23H29N3O2. The zero-order valence-corrected chi connectivity index (χ0v) is 16.4. The molecule has 2 aliphatic rings. The Hall–Kier alpha value is -2.40. The fourth-order valence-corrected chi connectivity index (χ4v) is 4.08. The van der Waals surface area contributed by atoms with Gasteiger partial charge < -0.3 is 15.0 Å². The van der Waals surface area contributed by atoms with E-state index in [1.807, 2.05) is 18.3 Å². The highest BCUT2D eigenvalue weighted by Crippen LogP contribution is 2.23. The van der Waals surface area contributed by atoms with Crippen molar-refractivity contribution in [3.63, 3.8) is 0 Å². The van der Waals surface area contributed by atoms with Gasteiger partial charge in [0.15, 0.2) is 0 Å². The number of carbonyl (C=O) groups excluding carboxylic acids is 1. The van der Waals surface area contributed by atoms with Gasteiger partial charge in [-0.25, -0.2) is 4.98 Å². The summed E-state index contributed by atoms with van der Waals surface area (Å²) in [4.78, 5) is 18.9.